The Morgan fingerprint density at radius 3 is 2.21 bits per heavy atom. The van der Waals surface area contributed by atoms with E-state index in [0.717, 1.165) is 0 Å². The molecule has 2 N–H and O–H groups in total. The molecule has 108 valence electrons. The molecule has 1 rings (SSSR count). The highest BCUT2D eigenvalue weighted by Crippen LogP contribution is 2.59. The zero-order valence-electron chi connectivity index (χ0n) is 11.7. The Balaban J connectivity index is 3.09. The van der Waals surface area contributed by atoms with Gasteiger partial charge in [-0.3, -0.25) is 4.57 Å². The maximum atomic E-state index is 12.6. The lowest BCUT2D eigenvalue weighted by molar-refractivity contribution is 0.211. The first kappa shape index (κ1) is 16.2. The number of nitrogens with two attached hydrogens (primary N) is 1. The van der Waals surface area contributed by atoms with E-state index >= 15 is 0 Å². The summed E-state index contributed by atoms with van der Waals surface area (Å²) in [5.41, 5.74) is 6.72. The average molecular weight is 287 g/mol. The summed E-state index contributed by atoms with van der Waals surface area (Å²) in [4.78, 5) is 0. The number of hydrogen-bond donors (Lipinski definition) is 1. The van der Waals surface area contributed by atoms with Crippen LogP contribution in [0, 0.1) is 0 Å². The lowest BCUT2D eigenvalue weighted by Gasteiger charge is -2.24. The first-order valence-corrected chi connectivity index (χ1v) is 8.06. The van der Waals surface area contributed by atoms with Gasteiger partial charge in [0.15, 0.2) is 0 Å². The molecule has 1 aromatic carbocycles. The van der Waals surface area contributed by atoms with E-state index in [1.165, 1.54) is 0 Å². The number of hydrogen-bond acceptors (Lipinski definition) is 5. The first-order chi connectivity index (χ1) is 9.09. The van der Waals surface area contributed by atoms with Crippen LogP contribution in [0.3, 0.4) is 0 Å². The molecule has 0 unspecified atom stereocenters. The second-order valence-corrected chi connectivity index (χ2v) is 5.94. The molecule has 5 nitrogen and oxygen atoms in total. The van der Waals surface area contributed by atoms with Crippen molar-refractivity contribution < 1.29 is 18.3 Å². The highest BCUT2D eigenvalue weighted by molar-refractivity contribution is 7.54. The molecular formula is C13H22NO4P. The van der Waals surface area contributed by atoms with Crippen molar-refractivity contribution in [3.05, 3.63) is 29.8 Å². The van der Waals surface area contributed by atoms with E-state index in [9.17, 15) is 4.57 Å². The molecule has 0 fully saturated rings. The summed E-state index contributed by atoms with van der Waals surface area (Å²) in [6.45, 7) is 6.47. The molecule has 0 saturated carbocycles. The molecule has 0 amide bonds. The predicted octanol–water partition coefficient (Wildman–Crippen LogP) is 3.31. The fourth-order valence-corrected chi connectivity index (χ4v) is 3.41. The quantitative estimate of drug-likeness (QED) is 0.743. The minimum Gasteiger partial charge on any atom is -0.494 e. The van der Waals surface area contributed by atoms with Crippen LogP contribution in [-0.4, -0.2) is 19.8 Å². The Hall–Kier alpha value is -0.870. The molecule has 0 aliphatic rings. The summed E-state index contributed by atoms with van der Waals surface area (Å²) in [7, 11) is -3.39. The van der Waals surface area contributed by atoms with Gasteiger partial charge in [-0.2, -0.15) is 0 Å². The molecule has 0 saturated heterocycles. The number of ether oxygens (including phenoxy) is 1. The molecule has 1 aromatic rings. The van der Waals surface area contributed by atoms with Crippen LogP contribution >= 0.6 is 7.60 Å². The Labute approximate surface area is 114 Å². The van der Waals surface area contributed by atoms with Crippen molar-refractivity contribution in [1.82, 2.24) is 0 Å². The topological polar surface area (TPSA) is 70.8 Å². The van der Waals surface area contributed by atoms with Crippen molar-refractivity contribution in [2.45, 2.75) is 26.6 Å². The van der Waals surface area contributed by atoms with Crippen LogP contribution in [-0.2, 0) is 13.6 Å². The molecule has 0 bridgehead atoms. The van der Waals surface area contributed by atoms with Crippen LogP contribution < -0.4 is 10.5 Å². The van der Waals surface area contributed by atoms with E-state index in [0.29, 0.717) is 17.9 Å². The third kappa shape index (κ3) is 4.05. The maximum Gasteiger partial charge on any atom is 0.351 e. The van der Waals surface area contributed by atoms with Gasteiger partial charge in [0, 0.05) is 5.56 Å². The summed E-state index contributed by atoms with van der Waals surface area (Å²) in [6, 6.07) is 7.23. The molecule has 0 radical (unpaired) electrons. The summed E-state index contributed by atoms with van der Waals surface area (Å²) in [5.74, 6) is -0.243. The number of rotatable bonds is 8. The monoisotopic (exact) mass is 287 g/mol. The fourth-order valence-electron chi connectivity index (χ4n) is 1.74. The zero-order chi connectivity index (χ0) is 14.3. The number of benzene rings is 1. The van der Waals surface area contributed by atoms with Crippen molar-refractivity contribution in [2.24, 2.45) is 5.73 Å². The van der Waals surface area contributed by atoms with E-state index in [1.54, 1.807) is 26.0 Å². The third-order valence-electron chi connectivity index (χ3n) is 2.50. The van der Waals surface area contributed by atoms with Gasteiger partial charge in [-0.05, 0) is 26.8 Å². The van der Waals surface area contributed by atoms with Crippen molar-refractivity contribution in [3.63, 3.8) is 0 Å². The standard InChI is InChI=1S/C13H22NO4P/c1-4-16-12-10-8-7-9-11(12)13(14)19(15,17-5-2)18-6-3/h7-10,13H,4-6,14H2,1-3H3/t13-/m1/s1. The van der Waals surface area contributed by atoms with Crippen molar-refractivity contribution in [3.8, 4) is 5.75 Å². The fraction of sp³-hybridized carbons (Fsp3) is 0.538. The third-order valence-corrected chi connectivity index (χ3v) is 4.69. The Kier molecular flexibility index (Phi) is 6.52. The van der Waals surface area contributed by atoms with Crippen molar-refractivity contribution in [2.75, 3.05) is 19.8 Å². The van der Waals surface area contributed by atoms with Gasteiger partial charge >= 0.3 is 7.60 Å². The van der Waals surface area contributed by atoms with Crippen LogP contribution in [0.2, 0.25) is 0 Å². The van der Waals surface area contributed by atoms with Crippen molar-refractivity contribution in [1.29, 1.82) is 0 Å². The van der Waals surface area contributed by atoms with Gasteiger partial charge in [-0.1, -0.05) is 18.2 Å². The second kappa shape index (κ2) is 7.65. The SMILES string of the molecule is CCOc1ccccc1[C@H](N)P(=O)(OCC)OCC. The minimum atomic E-state index is -3.39. The van der Waals surface area contributed by atoms with Crippen molar-refractivity contribution >= 4 is 7.60 Å². The van der Waals surface area contributed by atoms with E-state index in [4.69, 9.17) is 19.5 Å². The summed E-state index contributed by atoms with van der Waals surface area (Å²) < 4.78 is 28.7. The van der Waals surface area contributed by atoms with Gasteiger partial charge in [0.2, 0.25) is 0 Å². The van der Waals surface area contributed by atoms with Gasteiger partial charge in [-0.25, -0.2) is 0 Å². The minimum absolute atomic E-state index is 0.280. The molecule has 0 aromatic heterocycles. The van der Waals surface area contributed by atoms with Crippen LogP contribution in [0.4, 0.5) is 0 Å². The molecule has 0 aliphatic carbocycles. The zero-order valence-corrected chi connectivity index (χ0v) is 12.6. The van der Waals surface area contributed by atoms with E-state index in [-0.39, 0.29) is 13.2 Å². The molecule has 19 heavy (non-hydrogen) atoms. The van der Waals surface area contributed by atoms with E-state index < -0.39 is 13.4 Å². The van der Waals surface area contributed by atoms with Gasteiger partial charge in [-0.15, -0.1) is 0 Å². The van der Waals surface area contributed by atoms with Crippen LogP contribution in [0.15, 0.2) is 24.3 Å². The molecule has 1 atom stereocenters. The van der Waals surface area contributed by atoms with E-state index in [2.05, 4.69) is 0 Å². The van der Waals surface area contributed by atoms with Gasteiger partial charge in [0.25, 0.3) is 0 Å². The van der Waals surface area contributed by atoms with Gasteiger partial charge < -0.3 is 19.5 Å². The predicted molar refractivity (Wildman–Crippen MR) is 75.4 cm³/mol. The summed E-state index contributed by atoms with van der Waals surface area (Å²) >= 11 is 0. The summed E-state index contributed by atoms with van der Waals surface area (Å²) in [5, 5.41) is 0. The van der Waals surface area contributed by atoms with Gasteiger partial charge in [0.05, 0.1) is 19.8 Å². The summed E-state index contributed by atoms with van der Waals surface area (Å²) in [6.07, 6.45) is 0. The lowest BCUT2D eigenvalue weighted by Crippen LogP contribution is -2.16. The molecule has 6 heteroatoms. The second-order valence-electron chi connectivity index (χ2n) is 3.79. The Morgan fingerprint density at radius 2 is 1.68 bits per heavy atom. The van der Waals surface area contributed by atoms with Crippen LogP contribution in [0.25, 0.3) is 0 Å². The van der Waals surface area contributed by atoms with Gasteiger partial charge in [0.1, 0.15) is 11.5 Å². The molecule has 0 heterocycles. The Bertz CT molecular complexity index is 428. The van der Waals surface area contributed by atoms with E-state index in [1.807, 2.05) is 19.1 Å². The highest BCUT2D eigenvalue weighted by atomic mass is 31.2. The largest absolute Gasteiger partial charge is 0.494 e. The smallest absolute Gasteiger partial charge is 0.351 e. The Morgan fingerprint density at radius 1 is 1.11 bits per heavy atom. The van der Waals surface area contributed by atoms with Crippen LogP contribution in [0.5, 0.6) is 5.75 Å². The molecule has 0 spiro atoms. The lowest BCUT2D eigenvalue weighted by atomic mass is 10.2. The number of para-hydroxylation sites is 1. The maximum absolute atomic E-state index is 12.6. The normalized spacial score (nSPS) is 13.3. The van der Waals surface area contributed by atoms with Crippen LogP contribution in [0.1, 0.15) is 32.1 Å². The first-order valence-electron chi connectivity index (χ1n) is 6.45. The highest BCUT2D eigenvalue weighted by Gasteiger charge is 2.35. The molecule has 0 aliphatic heterocycles. The molecular weight excluding hydrogens is 265 g/mol. The average Bonchev–Trinajstić information content (AvgIpc) is 2.39.